The van der Waals surface area contributed by atoms with Crippen molar-refractivity contribution < 1.29 is 13.2 Å². The molecule has 0 heterocycles. The first-order valence-electron chi connectivity index (χ1n) is 7.11. The summed E-state index contributed by atoms with van der Waals surface area (Å²) in [4.78, 5) is 11.8. The molecule has 1 rings (SSSR count). The number of carbonyl (C=O) groups is 1. The summed E-state index contributed by atoms with van der Waals surface area (Å²) in [6.07, 6.45) is 5.91. The predicted octanol–water partition coefficient (Wildman–Crippen LogP) is 2.60. The van der Waals surface area contributed by atoms with Crippen LogP contribution in [0.2, 0.25) is 0 Å². The molecule has 0 aliphatic carbocycles. The second-order valence-corrected chi connectivity index (χ2v) is 6.23. The highest BCUT2D eigenvalue weighted by Gasteiger charge is 2.05. The zero-order valence-electron chi connectivity index (χ0n) is 12.3. The molecule has 0 spiro atoms. The van der Waals surface area contributed by atoms with Crippen molar-refractivity contribution in [3.63, 3.8) is 0 Å². The van der Waals surface area contributed by atoms with Crippen molar-refractivity contribution in [1.29, 1.82) is 0 Å². The lowest BCUT2D eigenvalue weighted by molar-refractivity contribution is -0.116. The van der Waals surface area contributed by atoms with Gasteiger partial charge in [-0.05, 0) is 24.6 Å². The number of anilines is 2. The maximum atomic E-state index is 11.8. The average Bonchev–Trinajstić information content (AvgIpc) is 2.37. The van der Waals surface area contributed by atoms with E-state index in [0.717, 1.165) is 19.3 Å². The van der Waals surface area contributed by atoms with Gasteiger partial charge in [0.15, 0.2) is 0 Å². The Morgan fingerprint density at radius 1 is 1.14 bits per heavy atom. The fourth-order valence-corrected chi connectivity index (χ4v) is 2.39. The number of hydrogen-bond donors (Lipinski definition) is 3. The highest BCUT2D eigenvalue weighted by Crippen LogP contribution is 2.16. The quantitative estimate of drug-likeness (QED) is 0.611. The molecule has 21 heavy (non-hydrogen) atoms. The van der Waals surface area contributed by atoms with Crippen LogP contribution in [0.5, 0.6) is 0 Å². The lowest BCUT2D eigenvalue weighted by Crippen LogP contribution is -2.21. The molecule has 1 aromatic rings. The fourth-order valence-electron chi connectivity index (χ4n) is 1.94. The SMILES string of the molecule is CCCCCCCC(=O)Nc1cccc(NS(N)(=O)=O)c1. The maximum Gasteiger partial charge on any atom is 0.296 e. The van der Waals surface area contributed by atoms with Crippen molar-refractivity contribution in [3.05, 3.63) is 24.3 Å². The second-order valence-electron chi connectivity index (χ2n) is 4.94. The van der Waals surface area contributed by atoms with Crippen LogP contribution in [0.15, 0.2) is 24.3 Å². The lowest BCUT2D eigenvalue weighted by atomic mass is 10.1. The van der Waals surface area contributed by atoms with E-state index in [9.17, 15) is 13.2 Å². The monoisotopic (exact) mass is 313 g/mol. The zero-order chi connectivity index (χ0) is 15.7. The molecular formula is C14H23N3O3S. The molecule has 0 bridgehead atoms. The first kappa shape index (κ1) is 17.5. The molecule has 1 amide bonds. The third-order valence-electron chi connectivity index (χ3n) is 2.91. The van der Waals surface area contributed by atoms with Gasteiger partial charge >= 0.3 is 0 Å². The van der Waals surface area contributed by atoms with Crippen molar-refractivity contribution in [2.75, 3.05) is 10.0 Å². The third-order valence-corrected chi connectivity index (χ3v) is 3.43. The number of amides is 1. The molecule has 1 aromatic carbocycles. The molecule has 0 atom stereocenters. The van der Waals surface area contributed by atoms with Crippen molar-refractivity contribution in [3.8, 4) is 0 Å². The molecule has 0 saturated heterocycles. The van der Waals surface area contributed by atoms with Gasteiger partial charge in [0.2, 0.25) is 5.91 Å². The van der Waals surface area contributed by atoms with Gasteiger partial charge in [0.25, 0.3) is 10.2 Å². The van der Waals surface area contributed by atoms with Gasteiger partial charge in [-0.15, -0.1) is 0 Å². The second kappa shape index (κ2) is 8.63. The van der Waals surface area contributed by atoms with Crippen molar-refractivity contribution >= 4 is 27.5 Å². The van der Waals surface area contributed by atoms with Crippen LogP contribution in [-0.2, 0) is 15.0 Å². The van der Waals surface area contributed by atoms with E-state index in [1.165, 1.54) is 18.9 Å². The molecule has 0 aliphatic rings. The number of nitrogens with two attached hydrogens (primary N) is 1. The minimum Gasteiger partial charge on any atom is -0.326 e. The molecule has 0 radical (unpaired) electrons. The lowest BCUT2D eigenvalue weighted by Gasteiger charge is -2.08. The molecule has 118 valence electrons. The molecule has 0 saturated carbocycles. The van der Waals surface area contributed by atoms with Gasteiger partial charge in [0, 0.05) is 12.1 Å². The van der Waals surface area contributed by atoms with E-state index >= 15 is 0 Å². The fraction of sp³-hybridized carbons (Fsp3) is 0.500. The summed E-state index contributed by atoms with van der Waals surface area (Å²) in [7, 11) is -3.81. The topological polar surface area (TPSA) is 101 Å². The summed E-state index contributed by atoms with van der Waals surface area (Å²) >= 11 is 0. The van der Waals surface area contributed by atoms with Crippen molar-refractivity contribution in [1.82, 2.24) is 0 Å². The van der Waals surface area contributed by atoms with Crippen LogP contribution in [0.1, 0.15) is 45.4 Å². The van der Waals surface area contributed by atoms with Crippen LogP contribution in [0, 0.1) is 0 Å². The Bertz CT molecular complexity index is 558. The highest BCUT2D eigenvalue weighted by atomic mass is 32.2. The molecule has 0 fully saturated rings. The Kier molecular flexibility index (Phi) is 7.18. The van der Waals surface area contributed by atoms with Gasteiger partial charge in [-0.2, -0.15) is 8.42 Å². The zero-order valence-corrected chi connectivity index (χ0v) is 13.1. The van der Waals surface area contributed by atoms with Gasteiger partial charge < -0.3 is 5.32 Å². The van der Waals surface area contributed by atoms with Crippen molar-refractivity contribution in [2.24, 2.45) is 5.14 Å². The van der Waals surface area contributed by atoms with E-state index in [1.54, 1.807) is 18.2 Å². The standard InChI is InChI=1S/C14H23N3O3S/c1-2-3-4-5-6-10-14(18)16-12-8-7-9-13(11-12)17-21(15,19)20/h7-9,11,17H,2-6,10H2,1H3,(H,16,18)(H2,15,19,20). The summed E-state index contributed by atoms with van der Waals surface area (Å²) in [5.41, 5.74) is 0.862. The first-order chi connectivity index (χ1) is 9.90. The van der Waals surface area contributed by atoms with Gasteiger partial charge in [-0.3, -0.25) is 9.52 Å². The molecule has 6 nitrogen and oxygen atoms in total. The Balaban J connectivity index is 2.43. The molecular weight excluding hydrogens is 290 g/mol. The van der Waals surface area contributed by atoms with Crippen LogP contribution in [0.25, 0.3) is 0 Å². The van der Waals surface area contributed by atoms with Gasteiger partial charge in [-0.1, -0.05) is 38.7 Å². The summed E-state index contributed by atoms with van der Waals surface area (Å²) in [6.45, 7) is 2.15. The van der Waals surface area contributed by atoms with Gasteiger partial charge in [0.1, 0.15) is 0 Å². The van der Waals surface area contributed by atoms with Crippen LogP contribution < -0.4 is 15.2 Å². The van der Waals surface area contributed by atoms with Crippen LogP contribution in [0.3, 0.4) is 0 Å². The minimum atomic E-state index is -3.81. The Morgan fingerprint density at radius 3 is 2.48 bits per heavy atom. The van der Waals surface area contributed by atoms with Gasteiger partial charge in [-0.25, -0.2) is 5.14 Å². The van der Waals surface area contributed by atoms with E-state index in [1.807, 2.05) is 0 Å². The van der Waals surface area contributed by atoms with E-state index < -0.39 is 10.2 Å². The smallest absolute Gasteiger partial charge is 0.296 e. The minimum absolute atomic E-state index is 0.0701. The maximum absolute atomic E-state index is 11.8. The molecule has 0 aliphatic heterocycles. The number of rotatable bonds is 9. The Hall–Kier alpha value is -1.60. The summed E-state index contributed by atoms with van der Waals surface area (Å²) < 4.78 is 24.0. The normalized spacial score (nSPS) is 11.1. The molecule has 4 N–H and O–H groups in total. The van der Waals surface area contributed by atoms with Gasteiger partial charge in [0.05, 0.1) is 5.69 Å². The van der Waals surface area contributed by atoms with Crippen LogP contribution in [-0.4, -0.2) is 14.3 Å². The largest absolute Gasteiger partial charge is 0.326 e. The number of carbonyl (C=O) groups excluding carboxylic acids is 1. The van der Waals surface area contributed by atoms with E-state index in [-0.39, 0.29) is 5.91 Å². The number of benzene rings is 1. The molecule has 0 unspecified atom stereocenters. The van der Waals surface area contributed by atoms with Crippen LogP contribution >= 0.6 is 0 Å². The third kappa shape index (κ3) is 8.31. The predicted molar refractivity (Wildman–Crippen MR) is 85.2 cm³/mol. The first-order valence-corrected chi connectivity index (χ1v) is 8.66. The number of hydrogen-bond acceptors (Lipinski definition) is 3. The molecule has 0 aromatic heterocycles. The average molecular weight is 313 g/mol. The van der Waals surface area contributed by atoms with E-state index in [0.29, 0.717) is 17.8 Å². The Morgan fingerprint density at radius 2 is 1.81 bits per heavy atom. The summed E-state index contributed by atoms with van der Waals surface area (Å²) in [5.74, 6) is -0.0701. The van der Waals surface area contributed by atoms with E-state index in [2.05, 4.69) is 17.0 Å². The summed E-state index contributed by atoms with van der Waals surface area (Å²) in [5, 5.41) is 7.64. The Labute approximate surface area is 126 Å². The summed E-state index contributed by atoms with van der Waals surface area (Å²) in [6, 6.07) is 6.43. The number of unbranched alkanes of at least 4 members (excludes halogenated alkanes) is 4. The van der Waals surface area contributed by atoms with Crippen LogP contribution in [0.4, 0.5) is 11.4 Å². The molecule has 7 heteroatoms. The van der Waals surface area contributed by atoms with E-state index in [4.69, 9.17) is 5.14 Å². The highest BCUT2D eigenvalue weighted by molar-refractivity contribution is 7.90. The van der Waals surface area contributed by atoms with Crippen molar-refractivity contribution in [2.45, 2.75) is 45.4 Å². The number of nitrogens with one attached hydrogen (secondary N) is 2.